The monoisotopic (exact) mass is 355 g/mol. The topological polar surface area (TPSA) is 54.4 Å². The van der Waals surface area contributed by atoms with Crippen LogP contribution in [0.4, 0.5) is 11.6 Å². The van der Waals surface area contributed by atoms with Gasteiger partial charge in [-0.25, -0.2) is 4.98 Å². The Hall–Kier alpha value is -2.60. The van der Waals surface area contributed by atoms with E-state index in [0.717, 1.165) is 48.6 Å². The van der Waals surface area contributed by atoms with E-state index in [2.05, 4.69) is 36.9 Å². The largest absolute Gasteiger partial charge is 0.480 e. The van der Waals surface area contributed by atoms with Crippen molar-refractivity contribution in [3.8, 4) is 5.88 Å². The molecule has 1 aromatic carbocycles. The van der Waals surface area contributed by atoms with Crippen molar-refractivity contribution in [3.05, 3.63) is 47.9 Å². The number of piperazine rings is 1. The van der Waals surface area contributed by atoms with Crippen LogP contribution in [0.2, 0.25) is 5.15 Å². The van der Waals surface area contributed by atoms with Crippen LogP contribution in [0.3, 0.4) is 0 Å². The molecule has 0 spiro atoms. The van der Waals surface area contributed by atoms with Gasteiger partial charge >= 0.3 is 0 Å². The fourth-order valence-corrected chi connectivity index (χ4v) is 3.32. The summed E-state index contributed by atoms with van der Waals surface area (Å²) < 4.78 is 5.15. The Bertz CT molecular complexity index is 896. The molecule has 25 heavy (non-hydrogen) atoms. The van der Waals surface area contributed by atoms with Gasteiger partial charge in [-0.3, -0.25) is 4.98 Å². The molecule has 0 unspecified atom stereocenters. The Balaban J connectivity index is 1.52. The minimum absolute atomic E-state index is 0.530. The summed E-state index contributed by atoms with van der Waals surface area (Å²) >= 11 is 6.36. The third-order valence-electron chi connectivity index (χ3n) is 4.42. The number of methoxy groups -OCH3 is 1. The molecular formula is C18H18ClN5O. The zero-order chi connectivity index (χ0) is 17.2. The number of nitrogens with zero attached hydrogens (tertiary/aromatic N) is 5. The van der Waals surface area contributed by atoms with Gasteiger partial charge in [-0.05, 0) is 11.5 Å². The molecule has 2 aromatic heterocycles. The lowest BCUT2D eigenvalue weighted by Crippen LogP contribution is -2.47. The van der Waals surface area contributed by atoms with Gasteiger partial charge in [-0.15, -0.1) is 0 Å². The molecule has 0 saturated carbocycles. The molecule has 128 valence electrons. The zero-order valence-electron chi connectivity index (χ0n) is 13.9. The van der Waals surface area contributed by atoms with Crippen LogP contribution in [-0.2, 0) is 0 Å². The average Bonchev–Trinajstić information content (AvgIpc) is 2.68. The molecule has 3 heterocycles. The van der Waals surface area contributed by atoms with Crippen molar-refractivity contribution in [3.63, 3.8) is 0 Å². The van der Waals surface area contributed by atoms with Gasteiger partial charge in [0.1, 0.15) is 11.0 Å². The summed E-state index contributed by atoms with van der Waals surface area (Å²) in [5.41, 5.74) is 0. The third kappa shape index (κ3) is 3.17. The van der Waals surface area contributed by atoms with Crippen LogP contribution in [0.25, 0.3) is 10.8 Å². The third-order valence-corrected chi connectivity index (χ3v) is 4.70. The summed E-state index contributed by atoms with van der Waals surface area (Å²) in [6, 6.07) is 10.1. The summed E-state index contributed by atoms with van der Waals surface area (Å²) in [6.07, 6.45) is 3.38. The van der Waals surface area contributed by atoms with Gasteiger partial charge in [-0.2, -0.15) is 4.98 Å². The minimum Gasteiger partial charge on any atom is -0.480 e. The summed E-state index contributed by atoms with van der Waals surface area (Å²) in [5, 5.41) is 2.64. The molecule has 7 heteroatoms. The maximum absolute atomic E-state index is 6.36. The fourth-order valence-electron chi connectivity index (χ4n) is 3.06. The average molecular weight is 356 g/mol. The lowest BCUT2D eigenvalue weighted by molar-refractivity contribution is 0.395. The molecule has 0 N–H and O–H groups in total. The van der Waals surface area contributed by atoms with E-state index < -0.39 is 0 Å². The maximum atomic E-state index is 6.36. The van der Waals surface area contributed by atoms with Crippen molar-refractivity contribution in [2.24, 2.45) is 0 Å². The molecular weight excluding hydrogens is 338 g/mol. The van der Waals surface area contributed by atoms with Gasteiger partial charge < -0.3 is 14.5 Å². The smallest absolute Gasteiger partial charge is 0.233 e. The summed E-state index contributed by atoms with van der Waals surface area (Å²) in [6.45, 7) is 3.38. The number of aromatic nitrogens is 3. The van der Waals surface area contributed by atoms with Gasteiger partial charge in [0.2, 0.25) is 5.88 Å². The van der Waals surface area contributed by atoms with Crippen molar-refractivity contribution in [2.45, 2.75) is 0 Å². The predicted molar refractivity (Wildman–Crippen MR) is 99.8 cm³/mol. The van der Waals surface area contributed by atoms with Crippen LogP contribution in [0.15, 0.2) is 42.7 Å². The van der Waals surface area contributed by atoms with Crippen molar-refractivity contribution in [1.29, 1.82) is 0 Å². The normalized spacial score (nSPS) is 14.8. The van der Waals surface area contributed by atoms with Crippen molar-refractivity contribution in [1.82, 2.24) is 15.0 Å². The summed E-state index contributed by atoms with van der Waals surface area (Å²) in [5.74, 6) is 2.28. The van der Waals surface area contributed by atoms with Crippen LogP contribution in [0.1, 0.15) is 0 Å². The van der Waals surface area contributed by atoms with Crippen LogP contribution in [-0.4, -0.2) is 48.2 Å². The molecule has 4 rings (SSSR count). The summed E-state index contributed by atoms with van der Waals surface area (Å²) in [4.78, 5) is 17.7. The molecule has 0 aliphatic carbocycles. The Morgan fingerprint density at radius 3 is 2.44 bits per heavy atom. The molecule has 1 aliphatic rings. The first-order valence-corrected chi connectivity index (χ1v) is 8.53. The Kier molecular flexibility index (Phi) is 4.28. The first-order valence-electron chi connectivity index (χ1n) is 8.16. The Labute approximate surface area is 151 Å². The fraction of sp³-hybridized carbons (Fsp3) is 0.278. The highest BCUT2D eigenvalue weighted by molar-refractivity contribution is 6.34. The second kappa shape index (κ2) is 6.72. The molecule has 0 atom stereocenters. The highest BCUT2D eigenvalue weighted by atomic mass is 35.5. The second-order valence-corrected chi connectivity index (χ2v) is 6.24. The van der Waals surface area contributed by atoms with Crippen molar-refractivity contribution >= 4 is 34.0 Å². The first kappa shape index (κ1) is 15.9. The number of pyridine rings is 1. The molecule has 1 saturated heterocycles. The van der Waals surface area contributed by atoms with Crippen molar-refractivity contribution < 1.29 is 4.74 Å². The lowest BCUT2D eigenvalue weighted by atomic mass is 10.1. The molecule has 1 fully saturated rings. The standard InChI is InChI=1S/C18H18ClN5O/c1-25-17-12-20-11-16(21-17)24-8-6-23(7-9-24)15-10-13-4-2-3-5-14(13)18(19)22-15/h2-5,10-12H,6-9H2,1H3. The SMILES string of the molecule is COc1cncc(N2CCN(c3cc4ccccc4c(Cl)n3)CC2)n1. The highest BCUT2D eigenvalue weighted by Crippen LogP contribution is 2.27. The molecule has 1 aliphatic heterocycles. The number of rotatable bonds is 3. The molecule has 6 nitrogen and oxygen atoms in total. The van der Waals surface area contributed by atoms with E-state index in [9.17, 15) is 0 Å². The van der Waals surface area contributed by atoms with E-state index in [1.807, 2.05) is 18.2 Å². The van der Waals surface area contributed by atoms with E-state index in [1.54, 1.807) is 19.5 Å². The number of hydrogen-bond acceptors (Lipinski definition) is 6. The number of halogens is 1. The molecule has 0 amide bonds. The second-order valence-electron chi connectivity index (χ2n) is 5.89. The van der Waals surface area contributed by atoms with Gasteiger partial charge in [0, 0.05) is 31.6 Å². The van der Waals surface area contributed by atoms with Crippen LogP contribution in [0, 0.1) is 0 Å². The van der Waals surface area contributed by atoms with Crippen LogP contribution in [0.5, 0.6) is 5.88 Å². The van der Waals surface area contributed by atoms with E-state index in [1.165, 1.54) is 0 Å². The number of hydrogen-bond donors (Lipinski definition) is 0. The maximum Gasteiger partial charge on any atom is 0.233 e. The summed E-state index contributed by atoms with van der Waals surface area (Å²) in [7, 11) is 1.60. The molecule has 3 aromatic rings. The minimum atomic E-state index is 0.530. The van der Waals surface area contributed by atoms with E-state index >= 15 is 0 Å². The number of benzene rings is 1. The van der Waals surface area contributed by atoms with Gasteiger partial charge in [0.05, 0.1) is 19.5 Å². The Morgan fingerprint density at radius 2 is 1.68 bits per heavy atom. The van der Waals surface area contributed by atoms with Crippen LogP contribution >= 0.6 is 11.6 Å². The van der Waals surface area contributed by atoms with Crippen molar-refractivity contribution in [2.75, 3.05) is 43.1 Å². The van der Waals surface area contributed by atoms with E-state index in [-0.39, 0.29) is 0 Å². The number of anilines is 2. The highest BCUT2D eigenvalue weighted by Gasteiger charge is 2.20. The predicted octanol–water partition coefficient (Wildman–Crippen LogP) is 3.01. The first-order chi connectivity index (χ1) is 12.2. The molecule has 0 radical (unpaired) electrons. The van der Waals surface area contributed by atoms with Gasteiger partial charge in [0.15, 0.2) is 5.82 Å². The Morgan fingerprint density at radius 1 is 0.960 bits per heavy atom. The zero-order valence-corrected chi connectivity index (χ0v) is 14.6. The molecule has 0 bridgehead atoms. The van der Waals surface area contributed by atoms with E-state index in [4.69, 9.17) is 16.3 Å². The number of ether oxygens (including phenoxy) is 1. The van der Waals surface area contributed by atoms with Gasteiger partial charge in [-0.1, -0.05) is 35.9 Å². The van der Waals surface area contributed by atoms with Gasteiger partial charge in [0.25, 0.3) is 0 Å². The number of fused-ring (bicyclic) bond motifs is 1. The lowest BCUT2D eigenvalue weighted by Gasteiger charge is -2.36. The van der Waals surface area contributed by atoms with E-state index in [0.29, 0.717) is 11.0 Å². The quantitative estimate of drug-likeness (QED) is 0.673. The van der Waals surface area contributed by atoms with Crippen LogP contribution < -0.4 is 14.5 Å².